The zero-order valence-corrected chi connectivity index (χ0v) is 12.7. The maximum Gasteiger partial charge on any atom is 0.119 e. The van der Waals surface area contributed by atoms with Gasteiger partial charge in [-0.25, -0.2) is 4.98 Å². The van der Waals surface area contributed by atoms with Gasteiger partial charge < -0.3 is 10.5 Å². The van der Waals surface area contributed by atoms with Crippen LogP contribution in [-0.2, 0) is 6.54 Å². The number of benzene rings is 1. The zero-order valence-electron chi connectivity index (χ0n) is 11.9. The summed E-state index contributed by atoms with van der Waals surface area (Å²) >= 11 is 1.72. The van der Waals surface area contributed by atoms with E-state index in [2.05, 4.69) is 24.0 Å². The van der Waals surface area contributed by atoms with Crippen LogP contribution in [0.1, 0.15) is 16.8 Å². The summed E-state index contributed by atoms with van der Waals surface area (Å²) in [7, 11) is 0. The molecule has 0 amide bonds. The Balaban J connectivity index is 1.78. The topological polar surface area (TPSA) is 48.1 Å². The number of hydrogen-bond acceptors (Lipinski definition) is 4. The molecule has 0 aliphatic heterocycles. The number of aromatic nitrogens is 1. The maximum absolute atomic E-state index is 5.70. The molecule has 2 rings (SSSR count). The molecular weight excluding hydrogens is 268 g/mol. The van der Waals surface area contributed by atoms with Gasteiger partial charge in [-0.15, -0.1) is 11.8 Å². The van der Waals surface area contributed by atoms with Crippen LogP contribution in [0.15, 0.2) is 41.4 Å². The number of thioether (sulfide) groups is 1. The molecule has 0 atom stereocenters. The van der Waals surface area contributed by atoms with Crippen LogP contribution in [0.4, 0.5) is 0 Å². The number of ether oxygens (including phenoxy) is 1. The van der Waals surface area contributed by atoms with Crippen molar-refractivity contribution in [3.8, 4) is 5.75 Å². The van der Waals surface area contributed by atoms with Gasteiger partial charge in [0.2, 0.25) is 0 Å². The van der Waals surface area contributed by atoms with Crippen molar-refractivity contribution in [2.75, 3.05) is 12.4 Å². The summed E-state index contributed by atoms with van der Waals surface area (Å²) in [6.45, 7) is 5.34. The Kier molecular flexibility index (Phi) is 5.44. The summed E-state index contributed by atoms with van der Waals surface area (Å²) in [6, 6.07) is 12.1. The molecule has 4 heteroatoms. The fourth-order valence-corrected chi connectivity index (χ4v) is 2.76. The average Bonchev–Trinajstić information content (AvgIpc) is 2.43. The van der Waals surface area contributed by atoms with Crippen molar-refractivity contribution in [1.82, 2.24) is 4.98 Å². The summed E-state index contributed by atoms with van der Waals surface area (Å²) in [4.78, 5) is 4.49. The molecule has 0 spiro atoms. The highest BCUT2D eigenvalue weighted by molar-refractivity contribution is 7.99. The van der Waals surface area contributed by atoms with E-state index in [9.17, 15) is 0 Å². The molecule has 2 N–H and O–H groups in total. The molecule has 0 bridgehead atoms. The largest absolute Gasteiger partial charge is 0.493 e. The van der Waals surface area contributed by atoms with E-state index in [0.29, 0.717) is 13.2 Å². The first-order valence-electron chi connectivity index (χ1n) is 6.67. The lowest BCUT2D eigenvalue weighted by Gasteiger charge is -2.07. The van der Waals surface area contributed by atoms with E-state index in [-0.39, 0.29) is 0 Å². The van der Waals surface area contributed by atoms with Crippen LogP contribution in [0.3, 0.4) is 0 Å². The quantitative estimate of drug-likeness (QED) is 0.654. The predicted octanol–water partition coefficient (Wildman–Crippen LogP) is 3.33. The van der Waals surface area contributed by atoms with Gasteiger partial charge in [0, 0.05) is 18.0 Å². The molecule has 0 aliphatic carbocycles. The second-order valence-corrected chi connectivity index (χ2v) is 5.78. The number of hydrogen-bond donors (Lipinski definition) is 1. The minimum Gasteiger partial charge on any atom is -0.493 e. The minimum atomic E-state index is 0.564. The second-order valence-electron chi connectivity index (χ2n) is 4.67. The molecule has 0 saturated heterocycles. The standard InChI is InChI=1S/C16H20N2OS/c1-12-9-13(2)18-16(10-12)20-8-7-19-15-5-3-14(11-17)4-6-15/h3-6,9-10H,7-8,11,17H2,1-2H3. The zero-order chi connectivity index (χ0) is 14.4. The number of pyridine rings is 1. The Labute approximate surface area is 124 Å². The summed E-state index contributed by atoms with van der Waals surface area (Å²) in [6.07, 6.45) is 0. The Morgan fingerprint density at radius 1 is 1.15 bits per heavy atom. The van der Waals surface area contributed by atoms with Crippen molar-refractivity contribution >= 4 is 11.8 Å². The molecule has 106 valence electrons. The van der Waals surface area contributed by atoms with E-state index >= 15 is 0 Å². The first kappa shape index (κ1) is 14.9. The van der Waals surface area contributed by atoms with E-state index in [1.54, 1.807) is 11.8 Å². The third kappa shape index (κ3) is 4.54. The van der Waals surface area contributed by atoms with Gasteiger partial charge in [-0.1, -0.05) is 12.1 Å². The minimum absolute atomic E-state index is 0.564. The van der Waals surface area contributed by atoms with Crippen LogP contribution in [0, 0.1) is 13.8 Å². The average molecular weight is 288 g/mol. The summed E-state index contributed by atoms with van der Waals surface area (Å²) < 4.78 is 5.70. The molecule has 0 fully saturated rings. The van der Waals surface area contributed by atoms with E-state index in [0.717, 1.165) is 27.8 Å². The van der Waals surface area contributed by atoms with Crippen LogP contribution in [0.2, 0.25) is 0 Å². The first-order valence-corrected chi connectivity index (χ1v) is 7.66. The molecule has 0 radical (unpaired) electrons. The second kappa shape index (κ2) is 7.31. The molecule has 1 aromatic heterocycles. The van der Waals surface area contributed by atoms with Crippen molar-refractivity contribution in [2.24, 2.45) is 5.73 Å². The highest BCUT2D eigenvalue weighted by Crippen LogP contribution is 2.18. The summed E-state index contributed by atoms with van der Waals surface area (Å²) in [5.74, 6) is 1.77. The summed E-state index contributed by atoms with van der Waals surface area (Å²) in [5, 5.41) is 1.06. The molecule has 3 nitrogen and oxygen atoms in total. The van der Waals surface area contributed by atoms with Crippen LogP contribution < -0.4 is 10.5 Å². The fraction of sp³-hybridized carbons (Fsp3) is 0.312. The van der Waals surface area contributed by atoms with Gasteiger partial charge in [0.25, 0.3) is 0 Å². The van der Waals surface area contributed by atoms with Crippen molar-refractivity contribution < 1.29 is 4.74 Å². The molecule has 1 aromatic carbocycles. The summed E-state index contributed by atoms with van der Waals surface area (Å²) in [5.41, 5.74) is 8.99. The first-order chi connectivity index (χ1) is 9.67. The van der Waals surface area contributed by atoms with Crippen LogP contribution in [0.5, 0.6) is 5.75 Å². The van der Waals surface area contributed by atoms with Crippen molar-refractivity contribution in [1.29, 1.82) is 0 Å². The Morgan fingerprint density at radius 2 is 1.90 bits per heavy atom. The molecule has 2 aromatic rings. The Bertz CT molecular complexity index is 535. The lowest BCUT2D eigenvalue weighted by atomic mass is 10.2. The molecular formula is C16H20N2OS. The number of rotatable bonds is 6. The highest BCUT2D eigenvalue weighted by Gasteiger charge is 2.00. The monoisotopic (exact) mass is 288 g/mol. The van der Waals surface area contributed by atoms with Crippen molar-refractivity contribution in [3.05, 3.63) is 53.2 Å². The fourth-order valence-electron chi connectivity index (χ4n) is 1.91. The maximum atomic E-state index is 5.70. The number of nitrogens with zero attached hydrogens (tertiary/aromatic N) is 1. The number of nitrogens with two attached hydrogens (primary N) is 1. The SMILES string of the molecule is Cc1cc(C)nc(SCCOc2ccc(CN)cc2)c1. The number of aryl methyl sites for hydroxylation is 2. The van der Waals surface area contributed by atoms with Crippen molar-refractivity contribution in [2.45, 2.75) is 25.4 Å². The highest BCUT2D eigenvalue weighted by atomic mass is 32.2. The van der Waals surface area contributed by atoms with Gasteiger partial charge in [0.15, 0.2) is 0 Å². The van der Waals surface area contributed by atoms with E-state index in [4.69, 9.17) is 10.5 Å². The lowest BCUT2D eigenvalue weighted by molar-refractivity contribution is 0.344. The molecule has 1 heterocycles. The van der Waals surface area contributed by atoms with E-state index < -0.39 is 0 Å². The van der Waals surface area contributed by atoms with Gasteiger partial charge >= 0.3 is 0 Å². The van der Waals surface area contributed by atoms with Gasteiger partial charge in [0.1, 0.15) is 5.75 Å². The third-order valence-corrected chi connectivity index (χ3v) is 3.71. The van der Waals surface area contributed by atoms with Gasteiger partial charge in [0.05, 0.1) is 11.6 Å². The van der Waals surface area contributed by atoms with Crippen LogP contribution in [0.25, 0.3) is 0 Å². The van der Waals surface area contributed by atoms with Crippen LogP contribution >= 0.6 is 11.8 Å². The normalized spacial score (nSPS) is 10.6. The van der Waals surface area contributed by atoms with Crippen LogP contribution in [-0.4, -0.2) is 17.3 Å². The van der Waals surface area contributed by atoms with E-state index in [1.165, 1.54) is 5.56 Å². The third-order valence-electron chi connectivity index (χ3n) is 2.84. The van der Waals surface area contributed by atoms with E-state index in [1.807, 2.05) is 31.2 Å². The Hall–Kier alpha value is -1.52. The molecule has 20 heavy (non-hydrogen) atoms. The smallest absolute Gasteiger partial charge is 0.119 e. The van der Waals surface area contributed by atoms with Gasteiger partial charge in [-0.3, -0.25) is 0 Å². The van der Waals surface area contributed by atoms with Crippen molar-refractivity contribution in [3.63, 3.8) is 0 Å². The molecule has 0 aliphatic rings. The molecule has 0 saturated carbocycles. The lowest BCUT2D eigenvalue weighted by Crippen LogP contribution is -2.01. The van der Waals surface area contributed by atoms with Gasteiger partial charge in [-0.2, -0.15) is 0 Å². The Morgan fingerprint density at radius 3 is 2.55 bits per heavy atom. The molecule has 0 unspecified atom stereocenters. The predicted molar refractivity (Wildman–Crippen MR) is 84.3 cm³/mol. The van der Waals surface area contributed by atoms with Gasteiger partial charge in [-0.05, 0) is 49.2 Å².